The van der Waals surface area contributed by atoms with E-state index in [0.717, 1.165) is 25.5 Å². The smallest absolute Gasteiger partial charge is 0.191 e. The summed E-state index contributed by atoms with van der Waals surface area (Å²) in [4.78, 5) is 10.4. The van der Waals surface area contributed by atoms with Gasteiger partial charge >= 0.3 is 0 Å². The molecule has 0 amide bonds. The fraction of sp³-hybridized carbons (Fsp3) is 0.556. The molecule has 140 valence electrons. The molecule has 0 aromatic carbocycles. The zero-order valence-electron chi connectivity index (χ0n) is 15.6. The molecule has 1 unspecified atom stereocenters. The predicted octanol–water partition coefficient (Wildman–Crippen LogP) is 4.63. The largest absolute Gasteiger partial charge is 0.356 e. The van der Waals surface area contributed by atoms with Crippen molar-refractivity contribution in [1.29, 1.82) is 0 Å². The molecule has 0 fully saturated rings. The summed E-state index contributed by atoms with van der Waals surface area (Å²) in [5.74, 6) is 1.34. The van der Waals surface area contributed by atoms with Crippen molar-refractivity contribution < 1.29 is 0 Å². The van der Waals surface area contributed by atoms with Crippen molar-refractivity contribution in [2.45, 2.75) is 45.4 Å². The maximum atomic E-state index is 4.73. The van der Waals surface area contributed by atoms with Gasteiger partial charge in [-0.3, -0.25) is 4.99 Å². The standard InChI is InChI=1S/C18H28N4S2.HI/c1-13(14-7-6-10-23-14)11-21-17(19-5)20-9-8-16-22-15(12-24-16)18(2,3)4;/h6-7,10,12-13H,8-9,11H2,1-5H3,(H2,19,20,21);1H. The molecule has 0 spiro atoms. The van der Waals surface area contributed by atoms with Crippen LogP contribution in [0.4, 0.5) is 0 Å². The van der Waals surface area contributed by atoms with Crippen LogP contribution < -0.4 is 10.6 Å². The number of aliphatic imine (C=N–C) groups is 1. The second-order valence-corrected chi connectivity index (χ2v) is 8.84. The highest BCUT2D eigenvalue weighted by molar-refractivity contribution is 14.0. The zero-order valence-corrected chi connectivity index (χ0v) is 19.6. The molecular weight excluding hydrogens is 463 g/mol. The number of nitrogens with one attached hydrogen (secondary N) is 2. The van der Waals surface area contributed by atoms with E-state index in [1.54, 1.807) is 22.7 Å². The summed E-state index contributed by atoms with van der Waals surface area (Å²) in [6.07, 6.45) is 0.919. The van der Waals surface area contributed by atoms with E-state index >= 15 is 0 Å². The van der Waals surface area contributed by atoms with Crippen LogP contribution in [0.2, 0.25) is 0 Å². The van der Waals surface area contributed by atoms with Gasteiger partial charge in [-0.2, -0.15) is 0 Å². The summed E-state index contributed by atoms with van der Waals surface area (Å²) in [5, 5.41) is 12.2. The zero-order chi connectivity index (χ0) is 17.6. The molecule has 2 aromatic rings. The highest BCUT2D eigenvalue weighted by Gasteiger charge is 2.17. The lowest BCUT2D eigenvalue weighted by molar-refractivity contribution is 0.570. The number of halogens is 1. The van der Waals surface area contributed by atoms with Crippen LogP contribution in [0.5, 0.6) is 0 Å². The Morgan fingerprint density at radius 3 is 2.60 bits per heavy atom. The minimum absolute atomic E-state index is 0. The Morgan fingerprint density at radius 1 is 1.28 bits per heavy atom. The van der Waals surface area contributed by atoms with Gasteiger partial charge in [-0.15, -0.1) is 46.7 Å². The van der Waals surface area contributed by atoms with E-state index in [1.165, 1.54) is 15.6 Å². The molecule has 2 rings (SSSR count). The summed E-state index contributed by atoms with van der Waals surface area (Å²) in [6, 6.07) is 4.28. The second kappa shape index (κ2) is 10.5. The molecule has 0 aliphatic carbocycles. The molecule has 25 heavy (non-hydrogen) atoms. The van der Waals surface area contributed by atoms with Gasteiger partial charge in [0.15, 0.2) is 5.96 Å². The van der Waals surface area contributed by atoms with Crippen molar-refractivity contribution in [2.24, 2.45) is 4.99 Å². The van der Waals surface area contributed by atoms with Gasteiger partial charge in [-0.05, 0) is 11.4 Å². The highest BCUT2D eigenvalue weighted by atomic mass is 127. The third kappa shape index (κ3) is 7.22. The lowest BCUT2D eigenvalue weighted by Gasteiger charge is -2.15. The second-order valence-electron chi connectivity index (χ2n) is 6.92. The Morgan fingerprint density at radius 2 is 2.04 bits per heavy atom. The Balaban J connectivity index is 0.00000312. The van der Waals surface area contributed by atoms with Crippen molar-refractivity contribution in [1.82, 2.24) is 15.6 Å². The number of hydrogen-bond donors (Lipinski definition) is 2. The third-order valence-electron chi connectivity index (χ3n) is 3.78. The van der Waals surface area contributed by atoms with Gasteiger partial charge in [-0.1, -0.05) is 33.8 Å². The molecule has 0 saturated heterocycles. The fourth-order valence-electron chi connectivity index (χ4n) is 2.20. The Bertz CT molecular complexity index is 644. The van der Waals surface area contributed by atoms with E-state index < -0.39 is 0 Å². The fourth-order valence-corrected chi connectivity index (χ4v) is 4.01. The summed E-state index contributed by atoms with van der Waals surface area (Å²) < 4.78 is 0. The summed E-state index contributed by atoms with van der Waals surface area (Å²) in [6.45, 7) is 10.5. The first-order valence-electron chi connectivity index (χ1n) is 8.33. The number of thiazole rings is 1. The minimum atomic E-state index is 0. The average molecular weight is 492 g/mol. The first-order chi connectivity index (χ1) is 11.4. The van der Waals surface area contributed by atoms with Crippen LogP contribution in [0.15, 0.2) is 27.9 Å². The van der Waals surface area contributed by atoms with Crippen LogP contribution in [0.25, 0.3) is 0 Å². The van der Waals surface area contributed by atoms with Gasteiger partial charge in [0, 0.05) is 48.1 Å². The van der Waals surface area contributed by atoms with Crippen LogP contribution in [-0.2, 0) is 11.8 Å². The maximum Gasteiger partial charge on any atom is 0.191 e. The number of aromatic nitrogens is 1. The lowest BCUT2D eigenvalue weighted by Crippen LogP contribution is -2.39. The van der Waals surface area contributed by atoms with Gasteiger partial charge in [0.05, 0.1) is 10.7 Å². The number of nitrogens with zero attached hydrogens (tertiary/aromatic N) is 2. The molecule has 4 nitrogen and oxygen atoms in total. The first-order valence-corrected chi connectivity index (χ1v) is 10.1. The summed E-state index contributed by atoms with van der Waals surface area (Å²) in [7, 11) is 1.81. The predicted molar refractivity (Wildman–Crippen MR) is 122 cm³/mol. The molecule has 0 aliphatic heterocycles. The Hall–Kier alpha value is -0.670. The van der Waals surface area contributed by atoms with E-state index in [-0.39, 0.29) is 29.4 Å². The van der Waals surface area contributed by atoms with E-state index in [0.29, 0.717) is 5.92 Å². The van der Waals surface area contributed by atoms with Gasteiger partial charge in [0.1, 0.15) is 0 Å². The van der Waals surface area contributed by atoms with Crippen molar-refractivity contribution in [3.8, 4) is 0 Å². The lowest BCUT2D eigenvalue weighted by atomic mass is 9.93. The van der Waals surface area contributed by atoms with Crippen LogP contribution in [-0.4, -0.2) is 31.1 Å². The molecule has 7 heteroatoms. The van der Waals surface area contributed by atoms with Gasteiger partial charge in [0.25, 0.3) is 0 Å². The first kappa shape index (κ1) is 22.4. The average Bonchev–Trinajstić information content (AvgIpc) is 3.20. The van der Waals surface area contributed by atoms with Crippen molar-refractivity contribution in [3.05, 3.63) is 38.5 Å². The quantitative estimate of drug-likeness (QED) is 0.351. The van der Waals surface area contributed by atoms with Crippen LogP contribution in [0, 0.1) is 0 Å². The molecule has 0 saturated carbocycles. The molecule has 0 bridgehead atoms. The van der Waals surface area contributed by atoms with E-state index in [9.17, 15) is 0 Å². The molecule has 2 N–H and O–H groups in total. The molecule has 0 radical (unpaired) electrons. The monoisotopic (exact) mass is 492 g/mol. The van der Waals surface area contributed by atoms with Crippen LogP contribution in [0.1, 0.15) is 49.2 Å². The van der Waals surface area contributed by atoms with E-state index in [2.05, 4.69) is 66.2 Å². The van der Waals surface area contributed by atoms with Gasteiger partial charge in [-0.25, -0.2) is 4.98 Å². The van der Waals surface area contributed by atoms with Crippen molar-refractivity contribution in [3.63, 3.8) is 0 Å². The molecule has 2 heterocycles. The third-order valence-corrected chi connectivity index (χ3v) is 5.79. The Labute approximate surface area is 176 Å². The van der Waals surface area contributed by atoms with Crippen molar-refractivity contribution >= 4 is 52.6 Å². The van der Waals surface area contributed by atoms with Crippen LogP contribution in [0.3, 0.4) is 0 Å². The number of guanidine groups is 1. The maximum absolute atomic E-state index is 4.73. The molecule has 0 aliphatic rings. The molecule has 2 aromatic heterocycles. The number of hydrogen-bond acceptors (Lipinski definition) is 4. The highest BCUT2D eigenvalue weighted by Crippen LogP contribution is 2.24. The van der Waals surface area contributed by atoms with E-state index in [1.807, 2.05) is 7.05 Å². The summed E-state index contributed by atoms with van der Waals surface area (Å²) >= 11 is 3.54. The molecule has 1 atom stereocenters. The number of thiophene rings is 1. The minimum Gasteiger partial charge on any atom is -0.356 e. The molecular formula is C18H29IN4S2. The summed E-state index contributed by atoms with van der Waals surface area (Å²) in [5.41, 5.74) is 1.30. The van der Waals surface area contributed by atoms with Crippen molar-refractivity contribution in [2.75, 3.05) is 20.1 Å². The normalized spacial score (nSPS) is 13.2. The SMILES string of the molecule is CN=C(NCCc1nc(C(C)(C)C)cs1)NCC(C)c1cccs1.I. The number of rotatable bonds is 6. The van der Waals surface area contributed by atoms with E-state index in [4.69, 9.17) is 4.98 Å². The van der Waals surface area contributed by atoms with Crippen LogP contribution >= 0.6 is 46.7 Å². The van der Waals surface area contributed by atoms with Gasteiger partial charge < -0.3 is 10.6 Å². The van der Waals surface area contributed by atoms with Gasteiger partial charge in [0.2, 0.25) is 0 Å². The topological polar surface area (TPSA) is 49.3 Å². The Kier molecular flexibility index (Phi) is 9.37.